The first-order valence-corrected chi connectivity index (χ1v) is 8.47. The number of methoxy groups -OCH3 is 1. The maximum atomic E-state index is 13.8. The molecule has 2 N–H and O–H groups in total. The number of nitrogens with one attached hydrogen (secondary N) is 2. The van der Waals surface area contributed by atoms with E-state index < -0.39 is 49.9 Å². The van der Waals surface area contributed by atoms with Gasteiger partial charge in [0.1, 0.15) is 5.75 Å². The van der Waals surface area contributed by atoms with E-state index in [0.29, 0.717) is 0 Å². The van der Waals surface area contributed by atoms with Crippen molar-refractivity contribution in [3.8, 4) is 5.75 Å². The Bertz CT molecular complexity index is 998. The van der Waals surface area contributed by atoms with Crippen LogP contribution in [0.3, 0.4) is 0 Å². The number of benzene rings is 2. The summed E-state index contributed by atoms with van der Waals surface area (Å²) in [6, 6.07) is 3.33. The highest BCUT2D eigenvalue weighted by Crippen LogP contribution is 2.31. The van der Waals surface area contributed by atoms with Crippen LogP contribution in [-0.2, 0) is 14.8 Å². The van der Waals surface area contributed by atoms with Crippen molar-refractivity contribution < 1.29 is 39.9 Å². The Kier molecular flexibility index (Phi) is 5.59. The van der Waals surface area contributed by atoms with Crippen molar-refractivity contribution in [2.24, 2.45) is 0 Å². The summed E-state index contributed by atoms with van der Waals surface area (Å²) in [5.41, 5.74) is -0.328. The molecule has 2 aromatic rings. The maximum Gasteiger partial charge on any atom is 0.267 e. The van der Waals surface area contributed by atoms with Crippen LogP contribution in [0, 0.1) is 29.1 Å². The number of anilines is 2. The zero-order valence-electron chi connectivity index (χ0n) is 13.7. The fraction of sp³-hybridized carbons (Fsp3) is 0.133. The van der Waals surface area contributed by atoms with Crippen LogP contribution in [0.5, 0.6) is 5.75 Å². The molecule has 2 aromatic carbocycles. The molecule has 0 spiro atoms. The van der Waals surface area contributed by atoms with Gasteiger partial charge in [-0.05, 0) is 18.2 Å². The van der Waals surface area contributed by atoms with Gasteiger partial charge in [0.25, 0.3) is 10.0 Å². The number of carbonyl (C=O) groups is 1. The maximum absolute atomic E-state index is 13.8. The molecule has 0 atom stereocenters. The Morgan fingerprint density at radius 1 is 0.963 bits per heavy atom. The SMILES string of the molecule is COc1ccc(NS(=O)(=O)c2c(F)c(F)c(F)c(F)c2F)cc1NC(C)=O. The molecule has 0 aromatic heterocycles. The van der Waals surface area contributed by atoms with E-state index in [1.807, 2.05) is 0 Å². The number of halogens is 5. The first-order chi connectivity index (χ1) is 12.5. The van der Waals surface area contributed by atoms with Crippen molar-refractivity contribution in [1.29, 1.82) is 0 Å². The van der Waals surface area contributed by atoms with Gasteiger partial charge in [0.15, 0.2) is 28.2 Å². The molecule has 0 saturated carbocycles. The first-order valence-electron chi connectivity index (χ1n) is 6.99. The molecule has 27 heavy (non-hydrogen) atoms. The number of carbonyl (C=O) groups excluding carboxylic acids is 1. The van der Waals surface area contributed by atoms with Crippen molar-refractivity contribution in [1.82, 2.24) is 0 Å². The van der Waals surface area contributed by atoms with Gasteiger partial charge in [0, 0.05) is 6.92 Å². The van der Waals surface area contributed by atoms with Crippen LogP contribution < -0.4 is 14.8 Å². The average molecular weight is 410 g/mol. The van der Waals surface area contributed by atoms with Crippen molar-refractivity contribution in [2.75, 3.05) is 17.1 Å². The van der Waals surface area contributed by atoms with Crippen LogP contribution in [0.15, 0.2) is 23.1 Å². The Hall–Kier alpha value is -2.89. The third-order valence-electron chi connectivity index (χ3n) is 3.20. The van der Waals surface area contributed by atoms with Gasteiger partial charge in [-0.3, -0.25) is 9.52 Å². The fourth-order valence-electron chi connectivity index (χ4n) is 2.09. The Balaban J connectivity index is 2.54. The minimum atomic E-state index is -5.20. The van der Waals surface area contributed by atoms with Gasteiger partial charge in [-0.15, -0.1) is 0 Å². The van der Waals surface area contributed by atoms with Crippen LogP contribution in [0.4, 0.5) is 33.3 Å². The molecule has 12 heteroatoms. The van der Waals surface area contributed by atoms with Crippen molar-refractivity contribution in [3.05, 3.63) is 47.3 Å². The number of amides is 1. The lowest BCUT2D eigenvalue weighted by Crippen LogP contribution is -2.19. The lowest BCUT2D eigenvalue weighted by molar-refractivity contribution is -0.114. The normalized spacial score (nSPS) is 11.2. The molecule has 0 unspecified atom stereocenters. The quantitative estimate of drug-likeness (QED) is 0.451. The summed E-state index contributed by atoms with van der Waals surface area (Å²) in [5.74, 6) is -12.7. The van der Waals surface area contributed by atoms with Gasteiger partial charge >= 0.3 is 0 Å². The molecule has 0 aliphatic rings. The lowest BCUT2D eigenvalue weighted by Gasteiger charge is -2.14. The zero-order chi connectivity index (χ0) is 20.5. The van der Waals surface area contributed by atoms with E-state index in [1.165, 1.54) is 13.2 Å². The van der Waals surface area contributed by atoms with E-state index >= 15 is 0 Å². The lowest BCUT2D eigenvalue weighted by atomic mass is 10.2. The van der Waals surface area contributed by atoms with E-state index in [2.05, 4.69) is 5.32 Å². The molecule has 0 aliphatic carbocycles. The Morgan fingerprint density at radius 2 is 1.48 bits per heavy atom. The van der Waals surface area contributed by atoms with Crippen molar-refractivity contribution in [2.45, 2.75) is 11.8 Å². The number of ether oxygens (including phenoxy) is 1. The van der Waals surface area contributed by atoms with Gasteiger partial charge in [-0.1, -0.05) is 0 Å². The predicted molar refractivity (Wildman–Crippen MR) is 84.3 cm³/mol. The third kappa shape index (κ3) is 3.94. The van der Waals surface area contributed by atoms with E-state index in [1.54, 1.807) is 4.72 Å². The first kappa shape index (κ1) is 20.4. The molecule has 0 heterocycles. The second kappa shape index (κ2) is 7.39. The molecule has 6 nitrogen and oxygen atoms in total. The van der Waals surface area contributed by atoms with Gasteiger partial charge in [0.2, 0.25) is 11.7 Å². The topological polar surface area (TPSA) is 84.5 Å². The minimum Gasteiger partial charge on any atom is -0.495 e. The highest BCUT2D eigenvalue weighted by atomic mass is 32.2. The van der Waals surface area contributed by atoms with E-state index in [0.717, 1.165) is 19.1 Å². The van der Waals surface area contributed by atoms with Crippen LogP contribution in [0.1, 0.15) is 6.92 Å². The van der Waals surface area contributed by atoms with Crippen LogP contribution in [-0.4, -0.2) is 21.4 Å². The minimum absolute atomic E-state index is 0.00242. The summed E-state index contributed by atoms with van der Waals surface area (Å²) in [4.78, 5) is 9.14. The molecular weight excluding hydrogens is 399 g/mol. The molecule has 0 aliphatic heterocycles. The van der Waals surface area contributed by atoms with Gasteiger partial charge in [-0.2, -0.15) is 0 Å². The number of hydrogen-bond donors (Lipinski definition) is 2. The highest BCUT2D eigenvalue weighted by Gasteiger charge is 2.33. The molecular formula is C15H11F5N2O4S. The average Bonchev–Trinajstić information content (AvgIpc) is 2.57. The van der Waals surface area contributed by atoms with Gasteiger partial charge in [0.05, 0.1) is 18.5 Å². The van der Waals surface area contributed by atoms with E-state index in [9.17, 15) is 35.2 Å². The van der Waals surface area contributed by atoms with E-state index in [-0.39, 0.29) is 17.1 Å². The number of hydrogen-bond acceptors (Lipinski definition) is 4. The molecule has 0 bridgehead atoms. The monoisotopic (exact) mass is 410 g/mol. The Labute approximate surface area is 150 Å². The third-order valence-corrected chi connectivity index (χ3v) is 4.60. The second-order valence-corrected chi connectivity index (χ2v) is 6.72. The summed E-state index contributed by atoms with van der Waals surface area (Å²) in [6.07, 6.45) is 0. The van der Waals surface area contributed by atoms with Gasteiger partial charge in [-0.25, -0.2) is 30.4 Å². The van der Waals surface area contributed by atoms with Gasteiger partial charge < -0.3 is 10.1 Å². The molecule has 2 rings (SSSR count). The molecule has 146 valence electrons. The molecule has 1 amide bonds. The summed E-state index contributed by atoms with van der Waals surface area (Å²) in [5, 5.41) is 2.32. The summed E-state index contributed by atoms with van der Waals surface area (Å²) < 4.78 is 98.1. The molecule has 0 saturated heterocycles. The largest absolute Gasteiger partial charge is 0.495 e. The zero-order valence-corrected chi connectivity index (χ0v) is 14.5. The fourth-order valence-corrected chi connectivity index (χ4v) is 3.28. The van der Waals surface area contributed by atoms with Crippen LogP contribution in [0.2, 0.25) is 0 Å². The van der Waals surface area contributed by atoms with Crippen LogP contribution in [0.25, 0.3) is 0 Å². The highest BCUT2D eigenvalue weighted by molar-refractivity contribution is 7.92. The number of rotatable bonds is 5. The smallest absolute Gasteiger partial charge is 0.267 e. The number of sulfonamides is 1. The summed E-state index contributed by atoms with van der Waals surface area (Å²) in [6.45, 7) is 1.16. The van der Waals surface area contributed by atoms with Crippen LogP contribution >= 0.6 is 0 Å². The standard InChI is InChI=1S/C15H11F5N2O4S/c1-6(23)21-8-5-7(3-4-9(8)26-2)22-27(24,25)15-13(19)11(17)10(16)12(18)14(15)20/h3-5,22H,1-2H3,(H,21,23). The second-order valence-electron chi connectivity index (χ2n) is 5.10. The Morgan fingerprint density at radius 3 is 1.96 bits per heavy atom. The van der Waals surface area contributed by atoms with Crippen molar-refractivity contribution >= 4 is 27.3 Å². The summed E-state index contributed by atoms with van der Waals surface area (Å²) in [7, 11) is -3.94. The molecule has 0 radical (unpaired) electrons. The predicted octanol–water partition coefficient (Wildman–Crippen LogP) is 3.15. The van der Waals surface area contributed by atoms with Crippen molar-refractivity contribution in [3.63, 3.8) is 0 Å². The van der Waals surface area contributed by atoms with E-state index in [4.69, 9.17) is 4.74 Å². The molecule has 0 fully saturated rings. The summed E-state index contributed by atoms with van der Waals surface area (Å²) >= 11 is 0.